The molecule has 2 aromatic carbocycles. The summed E-state index contributed by atoms with van der Waals surface area (Å²) in [6.45, 7) is 7.23. The molecule has 0 bridgehead atoms. The lowest BCUT2D eigenvalue weighted by molar-refractivity contribution is -0.137. The Morgan fingerprint density at radius 3 is 2.36 bits per heavy atom. The Hall–Kier alpha value is -3.02. The molecule has 0 unspecified atom stereocenters. The number of hydrogen-bond acceptors (Lipinski definition) is 4. The molecule has 6 nitrogen and oxygen atoms in total. The van der Waals surface area contributed by atoms with Crippen molar-refractivity contribution in [3.05, 3.63) is 59.7 Å². The molecule has 1 N–H and O–H groups in total. The van der Waals surface area contributed by atoms with Crippen molar-refractivity contribution in [3.63, 3.8) is 0 Å². The monoisotopic (exact) mass is 452 g/mol. The summed E-state index contributed by atoms with van der Waals surface area (Å²) in [6, 6.07) is 15.8. The smallest absolute Gasteiger partial charge is 0.303 e. The van der Waals surface area contributed by atoms with Crippen molar-refractivity contribution in [2.24, 2.45) is 0 Å². The summed E-state index contributed by atoms with van der Waals surface area (Å²) < 4.78 is 5.99. The van der Waals surface area contributed by atoms with E-state index in [1.165, 1.54) is 18.5 Å². The maximum Gasteiger partial charge on any atom is 0.303 e. The number of aliphatic carboxylic acids is 1. The van der Waals surface area contributed by atoms with E-state index in [0.29, 0.717) is 25.1 Å². The number of unbranched alkanes of at least 4 members (excludes halogenated alkanes) is 2. The van der Waals surface area contributed by atoms with Crippen LogP contribution in [-0.4, -0.2) is 47.6 Å². The largest absolute Gasteiger partial charge is 0.493 e. The van der Waals surface area contributed by atoms with Crippen LogP contribution in [0.4, 0.5) is 5.69 Å². The van der Waals surface area contributed by atoms with E-state index in [1.807, 2.05) is 55.1 Å². The zero-order chi connectivity index (χ0) is 23.6. The third-order valence-corrected chi connectivity index (χ3v) is 6.08. The Bertz CT molecular complexity index is 905. The van der Waals surface area contributed by atoms with Gasteiger partial charge >= 0.3 is 5.97 Å². The van der Waals surface area contributed by atoms with Gasteiger partial charge in [0.1, 0.15) is 5.75 Å². The maximum atomic E-state index is 13.3. The van der Waals surface area contributed by atoms with Gasteiger partial charge in [-0.05, 0) is 76.3 Å². The summed E-state index contributed by atoms with van der Waals surface area (Å²) >= 11 is 0. The number of anilines is 1. The molecule has 1 amide bonds. The van der Waals surface area contributed by atoms with Gasteiger partial charge in [0.15, 0.2) is 0 Å². The van der Waals surface area contributed by atoms with Gasteiger partial charge in [0.25, 0.3) is 5.91 Å². The average Bonchev–Trinajstić information content (AvgIpc) is 3.35. The fourth-order valence-corrected chi connectivity index (χ4v) is 4.14. The molecular formula is C27H36N2O4. The van der Waals surface area contributed by atoms with Crippen molar-refractivity contribution in [2.45, 2.75) is 65.0 Å². The lowest BCUT2D eigenvalue weighted by Gasteiger charge is -2.28. The summed E-state index contributed by atoms with van der Waals surface area (Å²) in [7, 11) is 0. The number of carboxylic acid groups (broad SMARTS) is 1. The summed E-state index contributed by atoms with van der Waals surface area (Å²) in [6.07, 6.45) is 4.93. The Morgan fingerprint density at radius 1 is 1.00 bits per heavy atom. The fraction of sp³-hybridized carbons (Fsp3) is 0.481. The highest BCUT2D eigenvalue weighted by molar-refractivity contribution is 5.94. The summed E-state index contributed by atoms with van der Waals surface area (Å²) in [5.74, 6) is 0.0328. The van der Waals surface area contributed by atoms with E-state index < -0.39 is 5.97 Å². The maximum absolute atomic E-state index is 13.3. The van der Waals surface area contributed by atoms with Crippen molar-refractivity contribution < 1.29 is 19.4 Å². The number of carbonyl (C=O) groups is 2. The van der Waals surface area contributed by atoms with Gasteiger partial charge in [0.2, 0.25) is 0 Å². The Labute approximate surface area is 197 Å². The SMILES string of the molecule is CC(C)N(Cc1ccccc1OCCCCCC(=O)O)C(=O)c1ccc(N2CCCC2)cc1. The second-order valence-electron chi connectivity index (χ2n) is 8.93. The molecular weight excluding hydrogens is 416 g/mol. The van der Waals surface area contributed by atoms with E-state index in [2.05, 4.69) is 17.0 Å². The lowest BCUT2D eigenvalue weighted by Crippen LogP contribution is -2.36. The first-order chi connectivity index (χ1) is 16.0. The zero-order valence-electron chi connectivity index (χ0n) is 19.8. The average molecular weight is 453 g/mol. The number of benzene rings is 2. The Balaban J connectivity index is 1.62. The fourth-order valence-electron chi connectivity index (χ4n) is 4.14. The predicted molar refractivity (Wildman–Crippen MR) is 131 cm³/mol. The molecule has 0 aromatic heterocycles. The van der Waals surface area contributed by atoms with E-state index >= 15 is 0 Å². The number of amides is 1. The zero-order valence-corrected chi connectivity index (χ0v) is 19.8. The third kappa shape index (κ3) is 7.24. The van der Waals surface area contributed by atoms with Crippen LogP contribution < -0.4 is 9.64 Å². The molecule has 178 valence electrons. The number of nitrogens with zero attached hydrogens (tertiary/aromatic N) is 2. The molecule has 1 heterocycles. The molecule has 6 heteroatoms. The second-order valence-corrected chi connectivity index (χ2v) is 8.93. The highest BCUT2D eigenvalue weighted by Crippen LogP contribution is 2.24. The number of rotatable bonds is 12. The summed E-state index contributed by atoms with van der Waals surface area (Å²) in [4.78, 5) is 28.2. The van der Waals surface area contributed by atoms with E-state index in [9.17, 15) is 9.59 Å². The van der Waals surface area contributed by atoms with E-state index in [1.54, 1.807) is 0 Å². The van der Waals surface area contributed by atoms with Gasteiger partial charge in [-0.2, -0.15) is 0 Å². The van der Waals surface area contributed by atoms with Gasteiger partial charge in [-0.25, -0.2) is 0 Å². The van der Waals surface area contributed by atoms with Gasteiger partial charge < -0.3 is 19.6 Å². The van der Waals surface area contributed by atoms with Crippen LogP contribution >= 0.6 is 0 Å². The van der Waals surface area contributed by atoms with E-state index in [0.717, 1.165) is 37.2 Å². The third-order valence-electron chi connectivity index (χ3n) is 6.08. The first-order valence-electron chi connectivity index (χ1n) is 12.0. The van der Waals surface area contributed by atoms with Gasteiger partial charge in [-0.15, -0.1) is 0 Å². The molecule has 0 spiro atoms. The first kappa shape index (κ1) is 24.6. The molecule has 0 saturated carbocycles. The molecule has 1 saturated heterocycles. The molecule has 1 aliphatic rings. The van der Waals surface area contributed by atoms with Crippen LogP contribution in [-0.2, 0) is 11.3 Å². The minimum Gasteiger partial charge on any atom is -0.493 e. The van der Waals surface area contributed by atoms with Gasteiger partial charge in [0, 0.05) is 48.9 Å². The number of hydrogen-bond donors (Lipinski definition) is 1. The van der Waals surface area contributed by atoms with Crippen LogP contribution in [0, 0.1) is 0 Å². The number of carbonyl (C=O) groups excluding carboxylic acids is 1. The molecule has 2 aromatic rings. The highest BCUT2D eigenvalue weighted by atomic mass is 16.5. The van der Waals surface area contributed by atoms with Crippen molar-refractivity contribution in [2.75, 3.05) is 24.6 Å². The van der Waals surface area contributed by atoms with Crippen LogP contribution in [0.3, 0.4) is 0 Å². The number of para-hydroxylation sites is 1. The molecule has 0 atom stereocenters. The van der Waals surface area contributed by atoms with Crippen LogP contribution in [0.1, 0.15) is 68.3 Å². The summed E-state index contributed by atoms with van der Waals surface area (Å²) in [5, 5.41) is 8.74. The number of carboxylic acids is 1. The van der Waals surface area contributed by atoms with Gasteiger partial charge in [-0.3, -0.25) is 9.59 Å². The van der Waals surface area contributed by atoms with Crippen LogP contribution in [0.2, 0.25) is 0 Å². The van der Waals surface area contributed by atoms with Crippen molar-refractivity contribution in [1.29, 1.82) is 0 Å². The quantitative estimate of drug-likeness (QED) is 0.439. The second kappa shape index (κ2) is 12.3. The first-order valence-corrected chi connectivity index (χ1v) is 12.0. The Kier molecular flexibility index (Phi) is 9.16. The normalized spacial score (nSPS) is 13.4. The molecule has 0 radical (unpaired) electrons. The minimum atomic E-state index is -0.759. The Morgan fingerprint density at radius 2 is 1.70 bits per heavy atom. The van der Waals surface area contributed by atoms with E-state index in [-0.39, 0.29) is 18.4 Å². The topological polar surface area (TPSA) is 70.1 Å². The van der Waals surface area contributed by atoms with Gasteiger partial charge in [-0.1, -0.05) is 18.2 Å². The van der Waals surface area contributed by atoms with Crippen LogP contribution in [0.5, 0.6) is 5.75 Å². The molecule has 33 heavy (non-hydrogen) atoms. The van der Waals surface area contributed by atoms with Crippen molar-refractivity contribution in [1.82, 2.24) is 4.90 Å². The van der Waals surface area contributed by atoms with Crippen LogP contribution in [0.25, 0.3) is 0 Å². The molecule has 1 aliphatic heterocycles. The highest BCUT2D eigenvalue weighted by Gasteiger charge is 2.21. The van der Waals surface area contributed by atoms with Crippen molar-refractivity contribution in [3.8, 4) is 5.75 Å². The summed E-state index contributed by atoms with van der Waals surface area (Å²) in [5.41, 5.74) is 2.85. The predicted octanol–water partition coefficient (Wildman–Crippen LogP) is 5.36. The molecule has 3 rings (SSSR count). The molecule has 0 aliphatic carbocycles. The van der Waals surface area contributed by atoms with Crippen LogP contribution in [0.15, 0.2) is 48.5 Å². The number of ether oxygens (including phenoxy) is 1. The molecule has 1 fully saturated rings. The van der Waals surface area contributed by atoms with Crippen molar-refractivity contribution >= 4 is 17.6 Å². The van der Waals surface area contributed by atoms with E-state index in [4.69, 9.17) is 9.84 Å². The van der Waals surface area contributed by atoms with Gasteiger partial charge in [0.05, 0.1) is 6.61 Å². The standard InChI is InChI=1S/C27H36N2O4/c1-21(2)29(27(32)22-13-15-24(16-14-22)28-17-7-8-18-28)20-23-10-5-6-11-25(23)33-19-9-3-4-12-26(30)31/h5-6,10-11,13-16,21H,3-4,7-9,12,17-20H2,1-2H3,(H,30,31). The minimum absolute atomic E-state index is 0.0152. The lowest BCUT2D eigenvalue weighted by atomic mass is 10.1.